The van der Waals surface area contributed by atoms with Crippen molar-refractivity contribution in [2.75, 3.05) is 12.3 Å². The number of piperidine rings is 1. The van der Waals surface area contributed by atoms with Gasteiger partial charge in [-0.15, -0.1) is 0 Å². The van der Waals surface area contributed by atoms with E-state index in [1.165, 1.54) is 6.92 Å². The Morgan fingerprint density at radius 3 is 2.47 bits per heavy atom. The summed E-state index contributed by atoms with van der Waals surface area (Å²) in [4.78, 5) is 11.4. The van der Waals surface area contributed by atoms with Gasteiger partial charge in [-0.2, -0.15) is 17.5 Å². The molecule has 1 saturated heterocycles. The largest absolute Gasteiger partial charge is 0.389 e. The van der Waals surface area contributed by atoms with Gasteiger partial charge in [0.1, 0.15) is 5.78 Å². The average molecular weight is 301 g/mol. The summed E-state index contributed by atoms with van der Waals surface area (Å²) in [5, 5.41) is 0. The molecule has 1 aliphatic heterocycles. The Kier molecular flexibility index (Phi) is 5.37. The number of Topliss-reactive ketones (excluding diaryl/α,β-unsaturated/α-hetero) is 1. The average Bonchev–Trinajstić information content (AvgIpc) is 2.27. The van der Waals surface area contributed by atoms with Gasteiger partial charge in [0.25, 0.3) is 0 Å². The highest BCUT2D eigenvalue weighted by atomic mass is 32.2. The lowest BCUT2D eigenvalue weighted by Crippen LogP contribution is -2.48. The Balaban J connectivity index is 2.66. The van der Waals surface area contributed by atoms with Gasteiger partial charge in [0.2, 0.25) is 10.0 Å². The third-order valence-corrected chi connectivity index (χ3v) is 5.10. The minimum Gasteiger partial charge on any atom is -0.298 e. The zero-order chi connectivity index (χ0) is 14.7. The molecule has 1 rings (SSSR count). The molecule has 8 heteroatoms. The lowest BCUT2D eigenvalue weighted by atomic mass is 10.0. The van der Waals surface area contributed by atoms with Gasteiger partial charge in [0, 0.05) is 13.0 Å². The molecule has 4 nitrogen and oxygen atoms in total. The first kappa shape index (κ1) is 16.4. The van der Waals surface area contributed by atoms with Crippen molar-refractivity contribution in [3.63, 3.8) is 0 Å². The van der Waals surface area contributed by atoms with Crippen LogP contribution in [0, 0.1) is 0 Å². The molecule has 0 aromatic carbocycles. The number of carbonyl (C=O) groups excluding carboxylic acids is 1. The van der Waals surface area contributed by atoms with Crippen LogP contribution in [0.5, 0.6) is 0 Å². The summed E-state index contributed by atoms with van der Waals surface area (Å²) in [5.74, 6) is -0.810. The van der Waals surface area contributed by atoms with E-state index >= 15 is 0 Å². The van der Waals surface area contributed by atoms with Crippen molar-refractivity contribution in [3.8, 4) is 0 Å². The van der Waals surface area contributed by atoms with Crippen LogP contribution in [0.15, 0.2) is 0 Å². The van der Waals surface area contributed by atoms with Crippen molar-refractivity contribution in [1.82, 2.24) is 4.31 Å². The van der Waals surface area contributed by atoms with E-state index in [1.54, 1.807) is 0 Å². The molecule has 112 valence electrons. The maximum Gasteiger partial charge on any atom is 0.389 e. The lowest BCUT2D eigenvalue weighted by Gasteiger charge is -2.33. The number of halogens is 3. The zero-order valence-electron chi connectivity index (χ0n) is 10.7. The molecule has 1 fully saturated rings. The Labute approximate surface area is 111 Å². The van der Waals surface area contributed by atoms with E-state index in [0.29, 0.717) is 12.8 Å². The van der Waals surface area contributed by atoms with E-state index in [4.69, 9.17) is 0 Å². The number of nitrogens with zero attached hydrogens (tertiary/aromatic N) is 1. The van der Waals surface area contributed by atoms with Crippen LogP contribution in [-0.4, -0.2) is 43.0 Å². The Morgan fingerprint density at radius 1 is 1.32 bits per heavy atom. The van der Waals surface area contributed by atoms with E-state index in [2.05, 4.69) is 0 Å². The minimum atomic E-state index is -4.35. The predicted octanol–water partition coefficient (Wildman–Crippen LogP) is 2.10. The van der Waals surface area contributed by atoms with Gasteiger partial charge in [-0.3, -0.25) is 4.79 Å². The third kappa shape index (κ3) is 5.10. The predicted molar refractivity (Wildman–Crippen MR) is 64.1 cm³/mol. The second-order valence-corrected chi connectivity index (χ2v) is 6.81. The molecular formula is C11H18F3NO3S. The van der Waals surface area contributed by atoms with E-state index in [9.17, 15) is 26.4 Å². The van der Waals surface area contributed by atoms with Gasteiger partial charge >= 0.3 is 6.18 Å². The van der Waals surface area contributed by atoms with Gasteiger partial charge in [0.15, 0.2) is 0 Å². The van der Waals surface area contributed by atoms with E-state index in [-0.39, 0.29) is 12.3 Å². The van der Waals surface area contributed by atoms with Gasteiger partial charge in [0.05, 0.1) is 11.8 Å². The molecule has 1 unspecified atom stereocenters. The van der Waals surface area contributed by atoms with E-state index in [0.717, 1.165) is 10.7 Å². The summed E-state index contributed by atoms with van der Waals surface area (Å²) in [6.07, 6.45) is -4.08. The summed E-state index contributed by atoms with van der Waals surface area (Å²) >= 11 is 0. The van der Waals surface area contributed by atoms with Crippen molar-refractivity contribution >= 4 is 15.8 Å². The first-order chi connectivity index (χ1) is 8.63. The molecule has 0 aromatic rings. The first-order valence-corrected chi connectivity index (χ1v) is 7.81. The number of carbonyl (C=O) groups is 1. The Bertz CT molecular complexity index is 419. The molecule has 1 atom stereocenters. The highest BCUT2D eigenvalue weighted by Gasteiger charge is 2.35. The van der Waals surface area contributed by atoms with Crippen molar-refractivity contribution < 1.29 is 26.4 Å². The monoisotopic (exact) mass is 301 g/mol. The Morgan fingerprint density at radius 2 is 1.95 bits per heavy atom. The van der Waals surface area contributed by atoms with Crippen molar-refractivity contribution in [3.05, 3.63) is 0 Å². The molecule has 1 heterocycles. The summed E-state index contributed by atoms with van der Waals surface area (Å²) in [7, 11) is -3.79. The van der Waals surface area contributed by atoms with Crippen molar-refractivity contribution in [1.29, 1.82) is 0 Å². The minimum absolute atomic E-state index is 0.221. The summed E-state index contributed by atoms with van der Waals surface area (Å²) in [6.45, 7) is 1.53. The SMILES string of the molecule is CC(=O)C1CCCCN1S(=O)(=O)CCCC(F)(F)F. The summed E-state index contributed by atoms with van der Waals surface area (Å²) in [6, 6.07) is -0.704. The fourth-order valence-corrected chi connectivity index (χ4v) is 4.01. The normalized spacial score (nSPS) is 22.4. The van der Waals surface area contributed by atoms with Crippen LogP contribution >= 0.6 is 0 Å². The number of alkyl halides is 3. The number of rotatable bonds is 5. The van der Waals surface area contributed by atoms with E-state index in [1.807, 2.05) is 0 Å². The Hall–Kier alpha value is -0.630. The van der Waals surface area contributed by atoms with Gasteiger partial charge < -0.3 is 0 Å². The van der Waals surface area contributed by atoms with Crippen LogP contribution in [0.3, 0.4) is 0 Å². The van der Waals surface area contributed by atoms with Gasteiger partial charge in [-0.05, 0) is 26.2 Å². The second kappa shape index (κ2) is 6.21. The van der Waals surface area contributed by atoms with Crippen LogP contribution in [0.1, 0.15) is 39.0 Å². The molecule has 19 heavy (non-hydrogen) atoms. The molecule has 0 radical (unpaired) electrons. The number of ketones is 1. The molecular weight excluding hydrogens is 283 g/mol. The maximum atomic E-state index is 12.0. The summed E-state index contributed by atoms with van der Waals surface area (Å²) in [5.41, 5.74) is 0. The number of sulfonamides is 1. The van der Waals surface area contributed by atoms with Crippen molar-refractivity contribution in [2.24, 2.45) is 0 Å². The van der Waals surface area contributed by atoms with E-state index < -0.39 is 40.8 Å². The first-order valence-electron chi connectivity index (χ1n) is 6.20. The maximum absolute atomic E-state index is 12.0. The molecule has 0 spiro atoms. The van der Waals surface area contributed by atoms with Gasteiger partial charge in [-0.1, -0.05) is 6.42 Å². The van der Waals surface area contributed by atoms with Crippen molar-refractivity contribution in [2.45, 2.75) is 51.2 Å². The zero-order valence-corrected chi connectivity index (χ0v) is 11.6. The lowest BCUT2D eigenvalue weighted by molar-refractivity contribution is -0.134. The molecule has 0 amide bonds. The standard InChI is InChI=1S/C11H18F3NO3S/c1-9(16)10-5-2-3-7-15(10)19(17,18)8-4-6-11(12,13)14/h10H,2-8H2,1H3. The number of hydrogen-bond donors (Lipinski definition) is 0. The third-order valence-electron chi connectivity index (χ3n) is 3.14. The highest BCUT2D eigenvalue weighted by Crippen LogP contribution is 2.25. The smallest absolute Gasteiger partial charge is 0.298 e. The van der Waals surface area contributed by atoms with Crippen LogP contribution in [0.4, 0.5) is 13.2 Å². The molecule has 0 saturated carbocycles. The topological polar surface area (TPSA) is 54.5 Å². The van der Waals surface area contributed by atoms with Crippen LogP contribution in [0.25, 0.3) is 0 Å². The highest BCUT2D eigenvalue weighted by molar-refractivity contribution is 7.89. The molecule has 0 aromatic heterocycles. The number of hydrogen-bond acceptors (Lipinski definition) is 3. The molecule has 1 aliphatic rings. The van der Waals surface area contributed by atoms with Crippen LogP contribution in [0.2, 0.25) is 0 Å². The van der Waals surface area contributed by atoms with Crippen LogP contribution < -0.4 is 0 Å². The molecule has 0 bridgehead atoms. The summed E-state index contributed by atoms with van der Waals surface area (Å²) < 4.78 is 61.1. The molecule has 0 aliphatic carbocycles. The quantitative estimate of drug-likeness (QED) is 0.781. The fourth-order valence-electron chi connectivity index (χ4n) is 2.22. The van der Waals surface area contributed by atoms with Crippen LogP contribution in [-0.2, 0) is 14.8 Å². The second-order valence-electron chi connectivity index (χ2n) is 4.77. The molecule has 0 N–H and O–H groups in total. The fraction of sp³-hybridized carbons (Fsp3) is 0.909. The van der Waals surface area contributed by atoms with Gasteiger partial charge in [-0.25, -0.2) is 8.42 Å².